The molecule has 0 heterocycles. The zero-order valence-corrected chi connectivity index (χ0v) is 23.1. The van der Waals surface area contributed by atoms with Gasteiger partial charge in [0.1, 0.15) is 11.9 Å². The minimum absolute atomic E-state index is 0.0369. The lowest BCUT2D eigenvalue weighted by Crippen LogP contribution is -2.62. The summed E-state index contributed by atoms with van der Waals surface area (Å²) >= 11 is 1.61. The first-order valence-corrected chi connectivity index (χ1v) is 14.5. The van der Waals surface area contributed by atoms with Gasteiger partial charge in [-0.3, -0.25) is 9.59 Å². The minimum Gasteiger partial charge on any atom is -0.461 e. The average Bonchev–Trinajstić information content (AvgIpc) is 3.17. The Hall–Kier alpha value is -0.850. The lowest BCUT2D eigenvalue weighted by molar-refractivity contribution is -0.201. The standard InChI is InChI=1S/C28H47NO4S/c1-8-26(6)17-22(33-23(31)18-34-16-15-29(9-2)10-3)27(7)19(4)11-13-28(20(5)25(26)32)14-12-21(30)24(27)28/h8,19-22,24,30H,1,9-18H2,2-7H3/t19-,20-,21+,22+,24-,26+,27-,28+/m0/s1. The number of allylic oxidation sites excluding steroid dienone is 1. The Morgan fingerprint density at radius 3 is 2.50 bits per heavy atom. The van der Waals surface area contributed by atoms with E-state index >= 15 is 0 Å². The third-order valence-corrected chi connectivity index (χ3v) is 11.1. The van der Waals surface area contributed by atoms with E-state index in [1.54, 1.807) is 17.8 Å². The maximum Gasteiger partial charge on any atom is 0.316 e. The molecular weight excluding hydrogens is 446 g/mol. The molecule has 0 aliphatic heterocycles. The summed E-state index contributed by atoms with van der Waals surface area (Å²) in [5.41, 5.74) is -1.36. The number of aliphatic hydroxyl groups excluding tert-OH is 1. The van der Waals surface area contributed by atoms with Crippen molar-refractivity contribution < 1.29 is 19.4 Å². The van der Waals surface area contributed by atoms with Gasteiger partial charge >= 0.3 is 5.97 Å². The van der Waals surface area contributed by atoms with Crippen LogP contribution in [0.2, 0.25) is 0 Å². The van der Waals surface area contributed by atoms with Gasteiger partial charge in [-0.2, -0.15) is 0 Å². The Morgan fingerprint density at radius 2 is 1.88 bits per heavy atom. The molecule has 0 amide bonds. The second kappa shape index (κ2) is 10.6. The fourth-order valence-corrected chi connectivity index (χ4v) is 8.42. The van der Waals surface area contributed by atoms with Crippen molar-refractivity contribution in [2.45, 2.75) is 85.9 Å². The lowest BCUT2D eigenvalue weighted by atomic mass is 9.44. The quantitative estimate of drug-likeness (QED) is 0.278. The first-order valence-electron chi connectivity index (χ1n) is 13.4. The normalized spacial score (nSPS) is 42.1. The first kappa shape index (κ1) is 27.7. The number of ketones is 1. The Bertz CT molecular complexity index is 770. The van der Waals surface area contributed by atoms with Crippen molar-refractivity contribution >= 4 is 23.5 Å². The summed E-state index contributed by atoms with van der Waals surface area (Å²) in [6.45, 7) is 19.8. The van der Waals surface area contributed by atoms with Crippen molar-refractivity contribution in [2.75, 3.05) is 31.1 Å². The Morgan fingerprint density at radius 1 is 1.24 bits per heavy atom. The number of esters is 1. The van der Waals surface area contributed by atoms with Gasteiger partial charge < -0.3 is 14.7 Å². The highest BCUT2D eigenvalue weighted by Crippen LogP contribution is 2.68. The van der Waals surface area contributed by atoms with Crippen molar-refractivity contribution in [3.05, 3.63) is 12.7 Å². The predicted octanol–water partition coefficient (Wildman–Crippen LogP) is 4.97. The predicted molar refractivity (Wildman–Crippen MR) is 140 cm³/mol. The maximum atomic E-state index is 13.8. The molecule has 34 heavy (non-hydrogen) atoms. The summed E-state index contributed by atoms with van der Waals surface area (Å²) in [7, 11) is 0. The van der Waals surface area contributed by atoms with Crippen LogP contribution in [0.5, 0.6) is 0 Å². The summed E-state index contributed by atoms with van der Waals surface area (Å²) in [5.74, 6) is 1.30. The number of Topliss-reactive ketones (excluding diaryl/α,β-unsaturated/α-hetero) is 1. The van der Waals surface area contributed by atoms with E-state index < -0.39 is 17.6 Å². The molecule has 0 spiro atoms. The molecular formula is C28H47NO4S. The lowest BCUT2D eigenvalue weighted by Gasteiger charge is -2.61. The number of aliphatic hydroxyl groups is 1. The van der Waals surface area contributed by atoms with E-state index in [4.69, 9.17) is 4.74 Å². The SMILES string of the molecule is C=C[C@]1(C)C[C@@H](OC(=O)CSCCN(CC)CC)[C@@]2(C)[C@@H]3[C@H](O)CC[C@]3(CC[C@@H]2C)[C@@H](C)C1=O. The average molecular weight is 494 g/mol. The van der Waals surface area contributed by atoms with Crippen LogP contribution >= 0.6 is 11.8 Å². The van der Waals surface area contributed by atoms with Crippen LogP contribution in [0.4, 0.5) is 0 Å². The monoisotopic (exact) mass is 493 g/mol. The first-order chi connectivity index (χ1) is 16.0. The fourth-order valence-electron chi connectivity index (χ4n) is 7.65. The smallest absolute Gasteiger partial charge is 0.316 e. The molecule has 8 atom stereocenters. The van der Waals surface area contributed by atoms with Crippen LogP contribution in [0.15, 0.2) is 12.7 Å². The number of thioether (sulfide) groups is 1. The van der Waals surface area contributed by atoms with Gasteiger partial charge in [0, 0.05) is 41.4 Å². The molecule has 2 bridgehead atoms. The van der Waals surface area contributed by atoms with Gasteiger partial charge in [0.25, 0.3) is 0 Å². The summed E-state index contributed by atoms with van der Waals surface area (Å²) < 4.78 is 6.30. The highest BCUT2D eigenvalue weighted by molar-refractivity contribution is 7.99. The Balaban J connectivity index is 1.88. The van der Waals surface area contributed by atoms with Gasteiger partial charge in [0.15, 0.2) is 0 Å². The van der Waals surface area contributed by atoms with Crippen molar-refractivity contribution in [2.24, 2.45) is 34.0 Å². The molecule has 0 saturated heterocycles. The second-order valence-corrected chi connectivity index (χ2v) is 12.7. The van der Waals surface area contributed by atoms with E-state index in [0.717, 1.165) is 51.1 Å². The molecule has 3 aliphatic carbocycles. The van der Waals surface area contributed by atoms with Gasteiger partial charge in [-0.15, -0.1) is 18.3 Å². The van der Waals surface area contributed by atoms with E-state index in [-0.39, 0.29) is 34.4 Å². The van der Waals surface area contributed by atoms with Gasteiger partial charge in [-0.1, -0.05) is 40.7 Å². The zero-order valence-electron chi connectivity index (χ0n) is 22.3. The van der Waals surface area contributed by atoms with Crippen LogP contribution < -0.4 is 0 Å². The van der Waals surface area contributed by atoms with Gasteiger partial charge in [-0.05, 0) is 57.0 Å². The van der Waals surface area contributed by atoms with Gasteiger partial charge in [0.2, 0.25) is 0 Å². The maximum absolute atomic E-state index is 13.8. The van der Waals surface area contributed by atoms with Gasteiger partial charge in [0.05, 0.1) is 11.9 Å². The van der Waals surface area contributed by atoms with Gasteiger partial charge in [-0.25, -0.2) is 0 Å². The van der Waals surface area contributed by atoms with Crippen LogP contribution in [-0.4, -0.2) is 65.1 Å². The minimum atomic E-state index is -0.746. The van der Waals surface area contributed by atoms with Crippen molar-refractivity contribution in [1.29, 1.82) is 0 Å². The highest BCUT2D eigenvalue weighted by atomic mass is 32.2. The molecule has 0 aromatic heterocycles. The number of carbonyl (C=O) groups is 2. The highest BCUT2D eigenvalue weighted by Gasteiger charge is 2.68. The Labute approximate surface area is 211 Å². The topological polar surface area (TPSA) is 66.8 Å². The molecule has 0 aromatic carbocycles. The molecule has 3 aliphatic rings. The molecule has 6 heteroatoms. The van der Waals surface area contributed by atoms with Crippen molar-refractivity contribution in [3.8, 4) is 0 Å². The second-order valence-electron chi connectivity index (χ2n) is 11.6. The number of rotatable bonds is 9. The molecule has 0 radical (unpaired) electrons. The number of nitrogens with zero attached hydrogens (tertiary/aromatic N) is 1. The van der Waals surface area contributed by atoms with Crippen LogP contribution in [0.3, 0.4) is 0 Å². The number of carbonyl (C=O) groups excluding carboxylic acids is 2. The van der Waals surface area contributed by atoms with Crippen molar-refractivity contribution in [3.63, 3.8) is 0 Å². The van der Waals surface area contributed by atoms with E-state index in [1.165, 1.54) is 0 Å². The van der Waals surface area contributed by atoms with Crippen molar-refractivity contribution in [1.82, 2.24) is 4.90 Å². The largest absolute Gasteiger partial charge is 0.461 e. The summed E-state index contributed by atoms with van der Waals surface area (Å²) in [5, 5.41) is 11.3. The van der Waals surface area contributed by atoms with Crippen LogP contribution in [-0.2, 0) is 14.3 Å². The van der Waals surface area contributed by atoms with E-state index in [1.807, 2.05) is 6.92 Å². The molecule has 5 nitrogen and oxygen atoms in total. The van der Waals surface area contributed by atoms with Crippen LogP contribution in [0.1, 0.15) is 73.6 Å². The summed E-state index contributed by atoms with van der Waals surface area (Å²) in [4.78, 5) is 29.3. The molecule has 3 fully saturated rings. The number of hydrogen-bond donors (Lipinski definition) is 1. The van der Waals surface area contributed by atoms with Crippen LogP contribution in [0, 0.1) is 34.0 Å². The molecule has 0 aromatic rings. The summed E-state index contributed by atoms with van der Waals surface area (Å²) in [6, 6.07) is 0. The molecule has 3 rings (SSSR count). The third-order valence-electron chi connectivity index (χ3n) is 10.2. The Kier molecular flexibility index (Phi) is 8.68. The molecule has 0 unspecified atom stereocenters. The molecule has 3 saturated carbocycles. The summed E-state index contributed by atoms with van der Waals surface area (Å²) in [6.07, 6.45) is 4.87. The number of hydrogen-bond acceptors (Lipinski definition) is 6. The zero-order chi connectivity index (χ0) is 25.3. The molecule has 1 N–H and O–H groups in total. The molecule has 194 valence electrons. The van der Waals surface area contributed by atoms with E-state index in [9.17, 15) is 14.7 Å². The van der Waals surface area contributed by atoms with Crippen LogP contribution in [0.25, 0.3) is 0 Å². The van der Waals surface area contributed by atoms with E-state index in [0.29, 0.717) is 18.1 Å². The number of ether oxygens (including phenoxy) is 1. The fraction of sp³-hybridized carbons (Fsp3) is 0.857. The van der Waals surface area contributed by atoms with E-state index in [2.05, 4.69) is 46.1 Å². The third kappa shape index (κ3) is 4.64.